The monoisotopic (exact) mass is 849 g/mol. The molecule has 4 aromatic carbocycles. The number of hydrogen-bond acceptors (Lipinski definition) is 7. The van der Waals surface area contributed by atoms with E-state index in [4.69, 9.17) is 56.1 Å². The van der Waals surface area contributed by atoms with Crippen molar-refractivity contribution in [3.05, 3.63) is 105 Å². The lowest BCUT2D eigenvalue weighted by molar-refractivity contribution is -0.119. The average molecular weight is 852 g/mol. The number of halogens is 4. The quantitative estimate of drug-likeness (QED) is 0.0510. The summed E-state index contributed by atoms with van der Waals surface area (Å²) in [6.45, 7) is 2.23. The Balaban J connectivity index is 1.20. The van der Waals surface area contributed by atoms with Crippen molar-refractivity contribution in [1.29, 1.82) is 0 Å². The minimum absolute atomic E-state index is 0.104. The summed E-state index contributed by atoms with van der Waals surface area (Å²) < 4.78 is 6.87. The number of nitrogens with one attached hydrogen (secondary N) is 2. The van der Waals surface area contributed by atoms with Crippen molar-refractivity contribution in [2.24, 2.45) is 4.99 Å². The highest BCUT2D eigenvalue weighted by Gasteiger charge is 2.43. The Kier molecular flexibility index (Phi) is 14.8. The third-order valence-corrected chi connectivity index (χ3v) is 10.6. The summed E-state index contributed by atoms with van der Waals surface area (Å²) in [4.78, 5) is 45.0. The maximum atomic E-state index is 14.3. The van der Waals surface area contributed by atoms with Crippen LogP contribution < -0.4 is 20.5 Å². The van der Waals surface area contributed by atoms with Gasteiger partial charge in [-0.15, -0.1) is 5.10 Å². The summed E-state index contributed by atoms with van der Waals surface area (Å²) in [6.07, 6.45) is 13.6. The summed E-state index contributed by atoms with van der Waals surface area (Å²) in [5, 5.41) is 13.5. The molecule has 0 bridgehead atoms. The van der Waals surface area contributed by atoms with Crippen LogP contribution in [0.5, 0.6) is 5.75 Å². The molecule has 1 aliphatic rings. The van der Waals surface area contributed by atoms with Gasteiger partial charge in [0.25, 0.3) is 5.91 Å². The number of aliphatic imine (C=N–C) groups is 1. The van der Waals surface area contributed by atoms with Crippen molar-refractivity contribution in [3.63, 3.8) is 0 Å². The molecule has 2 amide bonds. The van der Waals surface area contributed by atoms with Gasteiger partial charge in [-0.3, -0.25) is 15.0 Å². The first-order chi connectivity index (χ1) is 27.6. The van der Waals surface area contributed by atoms with Crippen molar-refractivity contribution in [3.8, 4) is 5.75 Å². The molecule has 1 aliphatic heterocycles. The molecule has 11 nitrogen and oxygen atoms in total. The number of amides is 2. The van der Waals surface area contributed by atoms with Crippen LogP contribution in [0.15, 0.2) is 83.9 Å². The van der Waals surface area contributed by atoms with E-state index in [1.807, 2.05) is 6.07 Å². The van der Waals surface area contributed by atoms with E-state index < -0.39 is 17.9 Å². The van der Waals surface area contributed by atoms with Gasteiger partial charge in [-0.2, -0.15) is 0 Å². The van der Waals surface area contributed by atoms with E-state index in [1.54, 1.807) is 54.6 Å². The van der Waals surface area contributed by atoms with Crippen LogP contribution in [0.2, 0.25) is 20.1 Å². The minimum Gasteiger partial charge on any atom is -0.423 e. The van der Waals surface area contributed by atoms with Crippen LogP contribution in [0.25, 0.3) is 11.0 Å². The highest BCUT2D eigenvalue weighted by Crippen LogP contribution is 2.40. The maximum Gasteiger partial charge on any atom is 0.343 e. The number of nitrogens with zero attached hydrogens (tertiary/aromatic N) is 5. The van der Waals surface area contributed by atoms with Crippen LogP contribution in [0.1, 0.15) is 100 Å². The second-order valence-corrected chi connectivity index (χ2v) is 15.5. The largest absolute Gasteiger partial charge is 0.423 e. The fraction of sp³-hybridized carbons (Fsp3) is 0.333. The third-order valence-electron chi connectivity index (χ3n) is 9.53. The predicted octanol–water partition coefficient (Wildman–Crippen LogP) is 11.7. The number of para-hydroxylation sites is 1. The molecule has 6 rings (SSSR count). The molecule has 2 heterocycles. The minimum atomic E-state index is -1.21. The van der Waals surface area contributed by atoms with Crippen molar-refractivity contribution in [2.75, 3.05) is 10.3 Å². The van der Waals surface area contributed by atoms with Gasteiger partial charge in [0.2, 0.25) is 5.91 Å². The van der Waals surface area contributed by atoms with E-state index in [-0.39, 0.29) is 48.8 Å². The number of carbonyl (C=O) groups excluding carboxylic acids is 3. The Morgan fingerprint density at radius 2 is 1.47 bits per heavy atom. The lowest BCUT2D eigenvalue weighted by Crippen LogP contribution is -2.36. The number of ether oxygens (including phenoxy) is 1. The normalized spacial score (nSPS) is 14.7. The van der Waals surface area contributed by atoms with E-state index in [2.05, 4.69) is 28.0 Å². The van der Waals surface area contributed by atoms with Gasteiger partial charge in [-0.25, -0.2) is 19.5 Å². The van der Waals surface area contributed by atoms with Crippen molar-refractivity contribution in [1.82, 2.24) is 20.4 Å². The molecule has 2 N–H and O–H groups in total. The maximum absolute atomic E-state index is 14.3. The highest BCUT2D eigenvalue weighted by atomic mass is 35.5. The number of benzene rings is 4. The molecular weight excluding hydrogens is 808 g/mol. The van der Waals surface area contributed by atoms with Gasteiger partial charge in [0.05, 0.1) is 31.8 Å². The SMILES string of the molecule is CCCCCCCCCCCCCC(=O)Nc1ccc(Cl)c(N=C2NN(c3c(Cl)cc(Cl)cc3Cl)C(=O)C2n2nnc3cc(C(=O)Oc4ccccc4)ccc32)c1. The molecule has 0 saturated carbocycles. The summed E-state index contributed by atoms with van der Waals surface area (Å²) >= 11 is 26.0. The highest BCUT2D eigenvalue weighted by molar-refractivity contribution is 6.43. The molecule has 1 aromatic heterocycles. The van der Waals surface area contributed by atoms with Crippen LogP contribution in [0.4, 0.5) is 17.1 Å². The van der Waals surface area contributed by atoms with Crippen molar-refractivity contribution < 1.29 is 19.1 Å². The van der Waals surface area contributed by atoms with Crippen LogP contribution in [0, 0.1) is 0 Å². The number of unbranched alkanes of at least 4 members (excludes halogenated alkanes) is 10. The number of anilines is 2. The second-order valence-electron chi connectivity index (χ2n) is 13.8. The van der Waals surface area contributed by atoms with E-state index in [9.17, 15) is 14.4 Å². The Morgan fingerprint density at radius 3 is 2.16 bits per heavy atom. The zero-order chi connectivity index (χ0) is 40.3. The first-order valence-corrected chi connectivity index (χ1v) is 20.7. The molecule has 0 radical (unpaired) electrons. The standard InChI is InChI=1S/C42H43Cl4N7O4/c1-2-3-4-5-6-7-8-9-10-11-15-18-37(54)47-29-20-21-31(44)34(26-29)48-40-39(41(55)53(50-40)38-32(45)24-28(43)25-33(38)46)52-36-22-19-27(23-35(36)49-51-52)42(56)57-30-16-13-12-14-17-30/h12-14,16-17,19-26,39H,2-11,15,18H2,1H3,(H,47,54)(H,48,50). The van der Waals surface area contributed by atoms with Crippen LogP contribution in [-0.4, -0.2) is 38.6 Å². The van der Waals surface area contributed by atoms with Gasteiger partial charge >= 0.3 is 5.97 Å². The number of aromatic nitrogens is 3. The lowest BCUT2D eigenvalue weighted by Gasteiger charge is -2.19. The predicted molar refractivity (Wildman–Crippen MR) is 228 cm³/mol. The summed E-state index contributed by atoms with van der Waals surface area (Å²) in [5.41, 5.74) is 4.93. The van der Waals surface area contributed by atoms with Crippen LogP contribution in [-0.2, 0) is 9.59 Å². The fourth-order valence-corrected chi connectivity index (χ4v) is 7.73. The number of rotatable bonds is 18. The number of amidine groups is 1. The molecular formula is C42H43Cl4N7O4. The Hall–Kier alpha value is -4.68. The Morgan fingerprint density at radius 1 is 0.807 bits per heavy atom. The molecule has 1 fully saturated rings. The Labute approximate surface area is 351 Å². The molecule has 1 saturated heterocycles. The van der Waals surface area contributed by atoms with E-state index in [0.717, 1.165) is 24.3 Å². The van der Waals surface area contributed by atoms with Crippen LogP contribution >= 0.6 is 46.4 Å². The molecule has 0 aliphatic carbocycles. The number of hydrogen-bond donors (Lipinski definition) is 2. The Bertz CT molecular complexity index is 2230. The molecule has 15 heteroatoms. The van der Waals surface area contributed by atoms with Gasteiger partial charge in [0.1, 0.15) is 17.0 Å². The lowest BCUT2D eigenvalue weighted by atomic mass is 10.1. The molecule has 57 heavy (non-hydrogen) atoms. The first-order valence-electron chi connectivity index (χ1n) is 19.2. The number of carbonyl (C=O) groups is 3. The molecule has 1 atom stereocenters. The number of fused-ring (bicyclic) bond motifs is 1. The van der Waals surface area contributed by atoms with Gasteiger partial charge in [0.15, 0.2) is 11.9 Å². The third kappa shape index (κ3) is 10.8. The van der Waals surface area contributed by atoms with Gasteiger partial charge in [-0.05, 0) is 67.1 Å². The molecule has 298 valence electrons. The van der Waals surface area contributed by atoms with Crippen molar-refractivity contribution >= 4 is 98.1 Å². The number of esters is 1. The van der Waals surface area contributed by atoms with Gasteiger partial charge in [0, 0.05) is 17.1 Å². The smallest absolute Gasteiger partial charge is 0.343 e. The molecule has 5 aromatic rings. The van der Waals surface area contributed by atoms with Crippen LogP contribution in [0.3, 0.4) is 0 Å². The topological polar surface area (TPSA) is 131 Å². The summed E-state index contributed by atoms with van der Waals surface area (Å²) in [7, 11) is 0. The molecule has 0 spiro atoms. The number of hydrazine groups is 1. The van der Waals surface area contributed by atoms with E-state index >= 15 is 0 Å². The first kappa shape index (κ1) is 41.9. The zero-order valence-electron chi connectivity index (χ0n) is 31.4. The zero-order valence-corrected chi connectivity index (χ0v) is 34.5. The second kappa shape index (κ2) is 20.1. The summed E-state index contributed by atoms with van der Waals surface area (Å²) in [5.74, 6) is -0.754. The summed E-state index contributed by atoms with van der Waals surface area (Å²) in [6, 6.07) is 20.0. The average Bonchev–Trinajstić information content (AvgIpc) is 3.74. The van der Waals surface area contributed by atoms with Gasteiger partial charge in [-0.1, -0.05) is 141 Å². The fourth-order valence-electron chi connectivity index (χ4n) is 6.58. The van der Waals surface area contributed by atoms with Crippen molar-refractivity contribution in [2.45, 2.75) is 90.0 Å². The van der Waals surface area contributed by atoms with E-state index in [1.165, 1.54) is 74.2 Å². The molecule has 1 unspecified atom stereocenters. The van der Waals surface area contributed by atoms with E-state index in [0.29, 0.717) is 28.9 Å². The van der Waals surface area contributed by atoms with Gasteiger partial charge < -0.3 is 10.1 Å².